The number of hydrogen-bond donors (Lipinski definition) is 1. The lowest BCUT2D eigenvalue weighted by atomic mass is 10.2. The molecule has 1 atom stereocenters. The molecule has 1 aliphatic rings. The summed E-state index contributed by atoms with van der Waals surface area (Å²) < 4.78 is 1.30. The summed E-state index contributed by atoms with van der Waals surface area (Å²) >= 11 is 1.82. The summed E-state index contributed by atoms with van der Waals surface area (Å²) in [5.41, 5.74) is 1.14. The first kappa shape index (κ1) is 10.9. The van der Waals surface area contributed by atoms with Gasteiger partial charge in [0.25, 0.3) is 0 Å². The first-order valence-corrected chi connectivity index (χ1v) is 5.84. The van der Waals surface area contributed by atoms with E-state index in [0.717, 1.165) is 12.1 Å². The lowest BCUT2D eigenvalue weighted by molar-refractivity contribution is 0.644. The maximum absolute atomic E-state index is 4.65. The molecule has 1 fully saturated rings. The van der Waals surface area contributed by atoms with Gasteiger partial charge in [0.1, 0.15) is 5.01 Å². The minimum atomic E-state index is 0. The molecule has 2 heterocycles. The average molecular weight is 241 g/mol. The number of nitrogens with one attached hydrogen (secondary N) is 1. The summed E-state index contributed by atoms with van der Waals surface area (Å²) in [6.45, 7) is 1.14. The molecule has 1 saturated heterocycles. The van der Waals surface area contributed by atoms with Crippen LogP contribution in [-0.4, -0.2) is 11.5 Å². The van der Waals surface area contributed by atoms with E-state index in [9.17, 15) is 0 Å². The van der Waals surface area contributed by atoms with Crippen LogP contribution in [0, 0.1) is 0 Å². The third-order valence-electron chi connectivity index (χ3n) is 2.67. The van der Waals surface area contributed by atoms with Gasteiger partial charge in [0.05, 0.1) is 16.3 Å². The highest BCUT2D eigenvalue weighted by atomic mass is 35.5. The van der Waals surface area contributed by atoms with Crippen molar-refractivity contribution in [3.8, 4) is 0 Å². The molecule has 0 spiro atoms. The summed E-state index contributed by atoms with van der Waals surface area (Å²) in [6.07, 6.45) is 2.51. The van der Waals surface area contributed by atoms with Crippen molar-refractivity contribution < 1.29 is 0 Å². The molecule has 4 heteroatoms. The van der Waals surface area contributed by atoms with Gasteiger partial charge in [-0.1, -0.05) is 12.1 Å². The van der Waals surface area contributed by atoms with Crippen LogP contribution in [0.5, 0.6) is 0 Å². The molecule has 1 N–H and O–H groups in total. The van der Waals surface area contributed by atoms with Gasteiger partial charge in [0.15, 0.2) is 0 Å². The van der Waals surface area contributed by atoms with Gasteiger partial charge in [-0.2, -0.15) is 0 Å². The van der Waals surface area contributed by atoms with Gasteiger partial charge in [0, 0.05) is 0 Å². The molecule has 0 radical (unpaired) electrons. The van der Waals surface area contributed by atoms with Crippen LogP contribution in [0.25, 0.3) is 10.2 Å². The summed E-state index contributed by atoms with van der Waals surface area (Å²) in [5.74, 6) is 0. The lowest BCUT2D eigenvalue weighted by Crippen LogP contribution is -2.12. The second kappa shape index (κ2) is 4.47. The van der Waals surface area contributed by atoms with Crippen LogP contribution in [0.1, 0.15) is 23.9 Å². The second-order valence-corrected chi connectivity index (χ2v) is 4.73. The van der Waals surface area contributed by atoms with Gasteiger partial charge in [0.2, 0.25) is 0 Å². The van der Waals surface area contributed by atoms with E-state index < -0.39 is 0 Å². The SMILES string of the molecule is Cl.c1ccc2sc([C@@H]3CCCN3)nc2c1. The highest BCUT2D eigenvalue weighted by Crippen LogP contribution is 2.30. The minimum absolute atomic E-state index is 0. The van der Waals surface area contributed by atoms with Crippen molar-refractivity contribution in [1.29, 1.82) is 0 Å². The number of benzene rings is 1. The van der Waals surface area contributed by atoms with Crippen LogP contribution in [0.3, 0.4) is 0 Å². The van der Waals surface area contributed by atoms with Crippen LogP contribution >= 0.6 is 23.7 Å². The Morgan fingerprint density at radius 3 is 2.93 bits per heavy atom. The van der Waals surface area contributed by atoms with Crippen molar-refractivity contribution in [2.75, 3.05) is 6.54 Å². The Labute approximate surface area is 99.1 Å². The molecule has 1 aromatic carbocycles. The molecule has 2 aromatic rings. The monoisotopic (exact) mass is 240 g/mol. The standard InChI is InChI=1S/C11H12N2S.ClH/c1-2-6-10-8(4-1)13-11(14-10)9-5-3-7-12-9;/h1-2,4,6,9,12H,3,5,7H2;1H/t9-;/m0./s1. The number of thiazole rings is 1. The zero-order valence-electron chi connectivity index (χ0n) is 8.27. The molecule has 2 nitrogen and oxygen atoms in total. The lowest BCUT2D eigenvalue weighted by Gasteiger charge is -2.03. The Morgan fingerprint density at radius 1 is 1.33 bits per heavy atom. The molecular weight excluding hydrogens is 228 g/mol. The van der Waals surface area contributed by atoms with E-state index in [1.807, 2.05) is 17.4 Å². The first-order valence-electron chi connectivity index (χ1n) is 5.02. The molecule has 0 amide bonds. The summed E-state index contributed by atoms with van der Waals surface area (Å²) in [5, 5.41) is 4.74. The third kappa shape index (κ3) is 2.00. The molecule has 15 heavy (non-hydrogen) atoms. The summed E-state index contributed by atoms with van der Waals surface area (Å²) in [4.78, 5) is 4.65. The fourth-order valence-electron chi connectivity index (χ4n) is 1.93. The van der Waals surface area contributed by atoms with E-state index >= 15 is 0 Å². The number of para-hydroxylation sites is 1. The number of nitrogens with zero attached hydrogens (tertiary/aromatic N) is 1. The van der Waals surface area contributed by atoms with E-state index in [1.165, 1.54) is 22.5 Å². The van der Waals surface area contributed by atoms with Crippen LogP contribution in [0.15, 0.2) is 24.3 Å². The smallest absolute Gasteiger partial charge is 0.111 e. The number of hydrogen-bond acceptors (Lipinski definition) is 3. The van der Waals surface area contributed by atoms with E-state index in [0.29, 0.717) is 6.04 Å². The van der Waals surface area contributed by atoms with Crippen molar-refractivity contribution in [2.24, 2.45) is 0 Å². The quantitative estimate of drug-likeness (QED) is 0.829. The predicted octanol–water partition coefficient (Wildman–Crippen LogP) is 3.14. The Bertz CT molecular complexity index is 416. The van der Waals surface area contributed by atoms with Crippen molar-refractivity contribution in [1.82, 2.24) is 10.3 Å². The molecule has 0 aliphatic carbocycles. The molecule has 1 aliphatic heterocycles. The predicted molar refractivity (Wildman–Crippen MR) is 66.8 cm³/mol. The normalized spacial score (nSPS) is 20.4. The Kier molecular flexibility index (Phi) is 3.24. The Morgan fingerprint density at radius 2 is 2.20 bits per heavy atom. The molecule has 3 rings (SSSR count). The minimum Gasteiger partial charge on any atom is -0.308 e. The molecule has 1 aromatic heterocycles. The number of fused-ring (bicyclic) bond motifs is 1. The van der Waals surface area contributed by atoms with Crippen molar-refractivity contribution in [2.45, 2.75) is 18.9 Å². The molecule has 80 valence electrons. The van der Waals surface area contributed by atoms with E-state index in [4.69, 9.17) is 0 Å². The summed E-state index contributed by atoms with van der Waals surface area (Å²) in [6, 6.07) is 8.86. The van der Waals surface area contributed by atoms with E-state index in [2.05, 4.69) is 28.5 Å². The van der Waals surface area contributed by atoms with Gasteiger partial charge in [-0.25, -0.2) is 4.98 Å². The average Bonchev–Trinajstić information content (AvgIpc) is 2.86. The van der Waals surface area contributed by atoms with Gasteiger partial charge >= 0.3 is 0 Å². The Hall–Kier alpha value is -0.640. The van der Waals surface area contributed by atoms with Crippen LogP contribution < -0.4 is 5.32 Å². The maximum atomic E-state index is 4.65. The van der Waals surface area contributed by atoms with Crippen LogP contribution in [-0.2, 0) is 0 Å². The number of rotatable bonds is 1. The number of aromatic nitrogens is 1. The fourth-order valence-corrected chi connectivity index (χ4v) is 3.01. The van der Waals surface area contributed by atoms with Crippen LogP contribution in [0.2, 0.25) is 0 Å². The molecule has 0 saturated carbocycles. The van der Waals surface area contributed by atoms with Gasteiger partial charge in [-0.3, -0.25) is 0 Å². The maximum Gasteiger partial charge on any atom is 0.111 e. The number of halogens is 1. The first-order chi connectivity index (χ1) is 6.93. The summed E-state index contributed by atoms with van der Waals surface area (Å²) in [7, 11) is 0. The fraction of sp³-hybridized carbons (Fsp3) is 0.364. The van der Waals surface area contributed by atoms with Crippen molar-refractivity contribution in [3.05, 3.63) is 29.3 Å². The Balaban J connectivity index is 0.000000853. The molecule has 0 unspecified atom stereocenters. The van der Waals surface area contributed by atoms with E-state index in [-0.39, 0.29) is 12.4 Å². The van der Waals surface area contributed by atoms with Gasteiger partial charge < -0.3 is 5.32 Å². The van der Waals surface area contributed by atoms with Crippen molar-refractivity contribution in [3.63, 3.8) is 0 Å². The molecular formula is C11H13ClN2S. The second-order valence-electron chi connectivity index (χ2n) is 3.67. The van der Waals surface area contributed by atoms with E-state index in [1.54, 1.807) is 0 Å². The highest BCUT2D eigenvalue weighted by molar-refractivity contribution is 7.18. The zero-order valence-corrected chi connectivity index (χ0v) is 9.90. The largest absolute Gasteiger partial charge is 0.308 e. The van der Waals surface area contributed by atoms with Crippen LogP contribution in [0.4, 0.5) is 0 Å². The van der Waals surface area contributed by atoms with Gasteiger partial charge in [-0.05, 0) is 31.5 Å². The van der Waals surface area contributed by atoms with Gasteiger partial charge in [-0.15, -0.1) is 23.7 Å². The topological polar surface area (TPSA) is 24.9 Å². The zero-order chi connectivity index (χ0) is 9.38. The highest BCUT2D eigenvalue weighted by Gasteiger charge is 2.19. The molecule has 0 bridgehead atoms. The van der Waals surface area contributed by atoms with Crippen molar-refractivity contribution >= 4 is 34.0 Å². The third-order valence-corrected chi connectivity index (χ3v) is 3.82.